The molecule has 2 N–H and O–H groups in total. The molecule has 0 spiro atoms. The third-order valence-electron chi connectivity index (χ3n) is 6.44. The topological polar surface area (TPSA) is 145 Å². The molecule has 1 radical (unpaired) electrons. The van der Waals surface area contributed by atoms with Gasteiger partial charge in [-0.25, -0.2) is 0 Å². The largest absolute Gasteiger partial charge is 2.00 e. The van der Waals surface area contributed by atoms with Crippen LogP contribution in [-0.2, 0) is 26.4 Å². The minimum atomic E-state index is -1.08. The molecule has 0 unspecified atom stereocenters. The monoisotopic (exact) mass is 673 g/mol. The quantitative estimate of drug-likeness (QED) is 0.210. The van der Waals surface area contributed by atoms with Crippen LogP contribution in [0.25, 0.3) is 22.3 Å². The first-order valence-corrected chi connectivity index (χ1v) is 14.3. The molecule has 0 saturated carbocycles. The van der Waals surface area contributed by atoms with E-state index < -0.39 is 11.9 Å². The maximum Gasteiger partial charge on any atom is 2.00 e. The number of phenols is 2. The first-order chi connectivity index (χ1) is 22.0. The third-order valence-corrected chi connectivity index (χ3v) is 6.44. The minimum Gasteiger partial charge on any atom is -0.550 e. The number of carbonyl (C=O) groups excluding carboxylic acids is 2. The van der Waals surface area contributed by atoms with Gasteiger partial charge in [-0.2, -0.15) is 0 Å². The zero-order valence-electron chi connectivity index (χ0n) is 26.3. The predicted molar refractivity (Wildman–Crippen MR) is 179 cm³/mol. The zero-order chi connectivity index (χ0) is 33.6. The number of aliphatic carboxylic acids is 2. The van der Waals surface area contributed by atoms with Crippen molar-refractivity contribution in [2.45, 2.75) is 27.7 Å². The van der Waals surface area contributed by atoms with E-state index in [4.69, 9.17) is 19.8 Å². The summed E-state index contributed by atoms with van der Waals surface area (Å²) in [4.78, 5) is 27.1. The van der Waals surface area contributed by atoms with Gasteiger partial charge in [0.05, 0.1) is 11.4 Å². The summed E-state index contributed by atoms with van der Waals surface area (Å²) in [7, 11) is 0. The van der Waals surface area contributed by atoms with Crippen molar-refractivity contribution in [3.8, 4) is 33.8 Å². The number of hydrogen-bond donors (Lipinski definition) is 2. The van der Waals surface area contributed by atoms with Crippen molar-refractivity contribution in [2.24, 2.45) is 9.98 Å². The normalized spacial score (nSPS) is 10.3. The van der Waals surface area contributed by atoms with Crippen molar-refractivity contribution in [1.29, 1.82) is 0 Å². The second-order valence-electron chi connectivity index (χ2n) is 10.2. The van der Waals surface area contributed by atoms with Crippen LogP contribution in [0.3, 0.4) is 0 Å². The van der Waals surface area contributed by atoms with Crippen LogP contribution in [0.4, 0.5) is 11.4 Å². The van der Waals surface area contributed by atoms with Gasteiger partial charge in [0, 0.05) is 35.5 Å². The van der Waals surface area contributed by atoms with Gasteiger partial charge in [0.1, 0.15) is 11.5 Å². The van der Waals surface area contributed by atoms with Gasteiger partial charge < -0.3 is 30.0 Å². The van der Waals surface area contributed by atoms with Crippen LogP contribution in [0.15, 0.2) is 119 Å². The van der Waals surface area contributed by atoms with Crippen molar-refractivity contribution in [3.63, 3.8) is 0 Å². The molecule has 0 fully saturated rings. The number of carbonyl (C=O) groups is 2. The van der Waals surface area contributed by atoms with E-state index in [9.17, 15) is 10.2 Å². The Morgan fingerprint density at radius 1 is 0.553 bits per heavy atom. The molecule has 0 bridgehead atoms. The van der Waals surface area contributed by atoms with Gasteiger partial charge in [-0.05, 0) is 97.5 Å². The van der Waals surface area contributed by atoms with Gasteiger partial charge >= 0.3 is 16.8 Å². The average Bonchev–Trinajstić information content (AvgIpc) is 3.03. The van der Waals surface area contributed by atoms with E-state index >= 15 is 0 Å². The molecule has 0 aliphatic rings. The Balaban J connectivity index is 0.000000769. The first kappa shape index (κ1) is 37.7. The number of aryl methyl sites for hydroxylation is 2. The molecule has 0 aliphatic heterocycles. The second-order valence-corrected chi connectivity index (χ2v) is 10.2. The summed E-state index contributed by atoms with van der Waals surface area (Å²) in [5.41, 5.74) is 8.30. The maximum absolute atomic E-state index is 10.7. The zero-order valence-corrected chi connectivity index (χ0v) is 27.3. The van der Waals surface area contributed by atoms with Crippen molar-refractivity contribution in [2.75, 3.05) is 0 Å². The van der Waals surface area contributed by atoms with Gasteiger partial charge in [-0.3, -0.25) is 9.98 Å². The van der Waals surface area contributed by atoms with E-state index in [1.54, 1.807) is 12.4 Å². The fraction of sp³-hybridized carbons (Fsp3) is 0.105. The maximum atomic E-state index is 10.7. The van der Waals surface area contributed by atoms with E-state index in [0.29, 0.717) is 22.5 Å². The summed E-state index contributed by atoms with van der Waals surface area (Å²) in [6.45, 7) is 5.71. The molecule has 0 aromatic heterocycles. The first-order valence-electron chi connectivity index (χ1n) is 14.3. The van der Waals surface area contributed by atoms with Crippen molar-refractivity contribution in [1.82, 2.24) is 0 Å². The van der Waals surface area contributed by atoms with Crippen LogP contribution in [-0.4, -0.2) is 34.6 Å². The number of benzene rings is 5. The molecule has 47 heavy (non-hydrogen) atoms. The average molecular weight is 674 g/mol. The standard InChI is InChI=1S/C34H28N2O2.2C2H4O2.Co/c1-23-17-27(25-11-5-3-6-12-25)19-29(33(23)37)21-35-31-15-9-10-16-32(31)36-22-30-20-28(18-24(2)34(30)38)26-13-7-4-8-14-26;2*1-2(3)4;/h3-22,37-38H,1-2H3;2*1H3,(H,3,4);/q;;;+2/p-2. The van der Waals surface area contributed by atoms with Crippen LogP contribution in [0.1, 0.15) is 36.1 Å². The van der Waals surface area contributed by atoms with E-state index in [1.165, 1.54) is 0 Å². The van der Waals surface area contributed by atoms with Gasteiger partial charge in [-0.15, -0.1) is 0 Å². The molecular weight excluding hydrogens is 639 g/mol. The summed E-state index contributed by atoms with van der Waals surface area (Å²) < 4.78 is 0. The number of hydrogen-bond acceptors (Lipinski definition) is 8. The minimum absolute atomic E-state index is 0. The fourth-order valence-electron chi connectivity index (χ4n) is 4.37. The molecule has 241 valence electrons. The molecule has 5 rings (SSSR count). The SMILES string of the molecule is CC(=O)[O-].CC(=O)[O-].Cc1cc(-c2ccccc2)cc(C=Nc2ccccc2N=Cc2cc(-c3ccccc3)cc(C)c2O)c1O.[Co+2]. The Morgan fingerprint density at radius 2 is 0.851 bits per heavy atom. The van der Waals surface area contributed by atoms with E-state index in [2.05, 4.69) is 9.98 Å². The summed E-state index contributed by atoms with van der Waals surface area (Å²) in [5, 5.41) is 39.2. The van der Waals surface area contributed by atoms with Crippen molar-refractivity contribution < 1.29 is 46.8 Å². The molecule has 9 heteroatoms. The van der Waals surface area contributed by atoms with Gasteiger partial charge in [0.15, 0.2) is 0 Å². The van der Waals surface area contributed by atoms with Crippen LogP contribution < -0.4 is 10.2 Å². The molecule has 0 atom stereocenters. The molecule has 0 saturated heterocycles. The summed E-state index contributed by atoms with van der Waals surface area (Å²) in [5.74, 6) is -1.76. The fourth-order valence-corrected chi connectivity index (χ4v) is 4.37. The Hall–Kier alpha value is -5.51. The predicted octanol–water partition coefficient (Wildman–Crippen LogP) is 6.06. The number of rotatable bonds is 6. The number of aromatic hydroxyl groups is 2. The van der Waals surface area contributed by atoms with E-state index in [1.807, 2.05) is 123 Å². The van der Waals surface area contributed by atoms with E-state index in [-0.39, 0.29) is 28.3 Å². The van der Waals surface area contributed by atoms with Crippen LogP contribution in [0.2, 0.25) is 0 Å². The number of nitrogens with zero attached hydrogens (tertiary/aromatic N) is 2. The Morgan fingerprint density at radius 3 is 1.17 bits per heavy atom. The number of aliphatic imine (C=N–C) groups is 2. The van der Waals surface area contributed by atoms with Gasteiger partial charge in [0.25, 0.3) is 0 Å². The van der Waals surface area contributed by atoms with E-state index in [0.717, 1.165) is 47.2 Å². The van der Waals surface area contributed by atoms with Crippen LogP contribution >= 0.6 is 0 Å². The van der Waals surface area contributed by atoms with Gasteiger partial charge in [0.2, 0.25) is 0 Å². The molecule has 0 heterocycles. The summed E-state index contributed by atoms with van der Waals surface area (Å²) in [6.07, 6.45) is 3.33. The van der Waals surface area contributed by atoms with Crippen LogP contribution in [0, 0.1) is 13.8 Å². The summed E-state index contributed by atoms with van der Waals surface area (Å²) in [6, 6.07) is 35.5. The smallest absolute Gasteiger partial charge is 0.550 e. The Kier molecular flexibility index (Phi) is 14.8. The molecule has 0 aliphatic carbocycles. The molecule has 8 nitrogen and oxygen atoms in total. The van der Waals surface area contributed by atoms with Crippen molar-refractivity contribution >= 4 is 35.7 Å². The molecule has 5 aromatic carbocycles. The second kappa shape index (κ2) is 18.5. The number of phenolic OH excluding ortho intramolecular Hbond substituents is 2. The molecule has 5 aromatic rings. The molecular formula is C38H34CoN2O6. The number of para-hydroxylation sites is 2. The van der Waals surface area contributed by atoms with Gasteiger partial charge in [-0.1, -0.05) is 72.8 Å². The number of carboxylic acid groups (broad SMARTS) is 2. The Bertz CT molecular complexity index is 1710. The summed E-state index contributed by atoms with van der Waals surface area (Å²) >= 11 is 0. The third kappa shape index (κ3) is 11.7. The number of carboxylic acids is 2. The Labute approximate surface area is 284 Å². The van der Waals surface area contributed by atoms with Crippen molar-refractivity contribution in [3.05, 3.63) is 131 Å². The molecule has 0 amide bonds. The van der Waals surface area contributed by atoms with Crippen LogP contribution in [0.5, 0.6) is 11.5 Å².